The minimum atomic E-state index is -0.351. The Labute approximate surface area is 127 Å². The number of halogens is 1. The van der Waals surface area contributed by atoms with Crippen LogP contribution in [0.5, 0.6) is 0 Å². The van der Waals surface area contributed by atoms with Crippen molar-refractivity contribution in [3.63, 3.8) is 0 Å². The molecule has 2 rings (SSSR count). The average Bonchev–Trinajstić information content (AvgIpc) is 3.20. The highest BCUT2D eigenvalue weighted by molar-refractivity contribution is 9.10. The Hall–Kier alpha value is -1.36. The van der Waals surface area contributed by atoms with Crippen LogP contribution in [-0.4, -0.2) is 36.0 Å². The number of aryl methyl sites for hydroxylation is 1. The van der Waals surface area contributed by atoms with Crippen LogP contribution in [0.1, 0.15) is 35.7 Å². The molecule has 0 N–H and O–H groups in total. The van der Waals surface area contributed by atoms with E-state index in [0.29, 0.717) is 12.2 Å². The van der Waals surface area contributed by atoms with Crippen molar-refractivity contribution in [3.05, 3.63) is 33.8 Å². The highest BCUT2D eigenvalue weighted by Gasteiger charge is 2.35. The first-order chi connectivity index (χ1) is 9.52. The SMILES string of the molecule is CCOC(=O)CN(C(=O)c1ccc(C)cc1Br)C1CC1. The summed E-state index contributed by atoms with van der Waals surface area (Å²) < 4.78 is 5.70. The molecule has 20 heavy (non-hydrogen) atoms. The first-order valence-corrected chi connectivity index (χ1v) is 7.55. The van der Waals surface area contributed by atoms with Gasteiger partial charge >= 0.3 is 5.97 Å². The molecule has 1 aromatic rings. The molecule has 1 aliphatic rings. The van der Waals surface area contributed by atoms with Crippen molar-refractivity contribution >= 4 is 27.8 Å². The second-order valence-electron chi connectivity index (χ2n) is 4.95. The van der Waals surface area contributed by atoms with E-state index < -0.39 is 0 Å². The fraction of sp³-hybridized carbons (Fsp3) is 0.467. The zero-order valence-electron chi connectivity index (χ0n) is 11.7. The van der Waals surface area contributed by atoms with Crippen LogP contribution < -0.4 is 0 Å². The van der Waals surface area contributed by atoms with Crippen LogP contribution in [0.4, 0.5) is 0 Å². The van der Waals surface area contributed by atoms with Gasteiger partial charge in [0.1, 0.15) is 6.54 Å². The lowest BCUT2D eigenvalue weighted by molar-refractivity contribution is -0.144. The Morgan fingerprint density at radius 1 is 1.40 bits per heavy atom. The van der Waals surface area contributed by atoms with E-state index in [0.717, 1.165) is 22.9 Å². The molecule has 0 bridgehead atoms. The van der Waals surface area contributed by atoms with Gasteiger partial charge in [-0.1, -0.05) is 6.07 Å². The number of carbonyl (C=O) groups is 2. The zero-order valence-corrected chi connectivity index (χ0v) is 13.3. The molecule has 1 fully saturated rings. The van der Waals surface area contributed by atoms with Gasteiger partial charge in [0, 0.05) is 10.5 Å². The number of benzene rings is 1. The molecular weight excluding hydrogens is 322 g/mol. The van der Waals surface area contributed by atoms with Gasteiger partial charge in [0.25, 0.3) is 5.91 Å². The molecular formula is C15H18BrNO3. The van der Waals surface area contributed by atoms with Crippen molar-refractivity contribution in [2.45, 2.75) is 32.7 Å². The quantitative estimate of drug-likeness (QED) is 0.775. The van der Waals surface area contributed by atoms with Gasteiger partial charge in [0.05, 0.1) is 12.2 Å². The van der Waals surface area contributed by atoms with E-state index in [1.807, 2.05) is 19.1 Å². The second-order valence-corrected chi connectivity index (χ2v) is 5.81. The minimum absolute atomic E-state index is 0.0255. The summed E-state index contributed by atoms with van der Waals surface area (Å²) in [6, 6.07) is 5.76. The van der Waals surface area contributed by atoms with Crippen molar-refractivity contribution in [2.24, 2.45) is 0 Å². The van der Waals surface area contributed by atoms with E-state index in [4.69, 9.17) is 4.74 Å². The van der Waals surface area contributed by atoms with Gasteiger partial charge < -0.3 is 9.64 Å². The van der Waals surface area contributed by atoms with Crippen molar-refractivity contribution in [2.75, 3.05) is 13.2 Å². The van der Waals surface area contributed by atoms with E-state index in [9.17, 15) is 9.59 Å². The molecule has 1 aliphatic carbocycles. The normalized spacial score (nSPS) is 13.9. The number of rotatable bonds is 5. The first-order valence-electron chi connectivity index (χ1n) is 6.75. The van der Waals surface area contributed by atoms with E-state index in [1.54, 1.807) is 17.9 Å². The summed E-state index contributed by atoms with van der Waals surface area (Å²) >= 11 is 3.42. The molecule has 0 saturated heterocycles. The van der Waals surface area contributed by atoms with Gasteiger partial charge in [0.2, 0.25) is 0 Å². The highest BCUT2D eigenvalue weighted by Crippen LogP contribution is 2.30. The Morgan fingerprint density at radius 2 is 2.10 bits per heavy atom. The molecule has 1 aromatic carbocycles. The summed E-state index contributed by atoms with van der Waals surface area (Å²) in [5.41, 5.74) is 1.67. The maximum Gasteiger partial charge on any atom is 0.325 e. The summed E-state index contributed by atoms with van der Waals surface area (Å²) in [4.78, 5) is 25.8. The standard InChI is InChI=1S/C15H18BrNO3/c1-3-20-14(18)9-17(11-5-6-11)15(19)12-7-4-10(2)8-13(12)16/h4,7-8,11H,3,5-6,9H2,1-2H3. The van der Waals surface area contributed by atoms with Gasteiger partial charge in [-0.25, -0.2) is 0 Å². The fourth-order valence-electron chi connectivity index (χ4n) is 2.05. The number of amides is 1. The molecule has 0 aliphatic heterocycles. The summed E-state index contributed by atoms with van der Waals surface area (Å²) in [7, 11) is 0. The van der Waals surface area contributed by atoms with E-state index in [2.05, 4.69) is 15.9 Å². The molecule has 108 valence electrons. The van der Waals surface area contributed by atoms with Gasteiger partial charge in [-0.2, -0.15) is 0 Å². The molecule has 5 heteroatoms. The number of nitrogens with zero attached hydrogens (tertiary/aromatic N) is 1. The van der Waals surface area contributed by atoms with Crippen molar-refractivity contribution in [1.82, 2.24) is 4.90 Å². The lowest BCUT2D eigenvalue weighted by Gasteiger charge is -2.22. The number of ether oxygens (including phenoxy) is 1. The van der Waals surface area contributed by atoms with Crippen molar-refractivity contribution in [3.8, 4) is 0 Å². The Balaban J connectivity index is 2.16. The third-order valence-corrected chi connectivity index (χ3v) is 3.86. The minimum Gasteiger partial charge on any atom is -0.465 e. The molecule has 0 radical (unpaired) electrons. The Kier molecular flexibility index (Phi) is 4.81. The van der Waals surface area contributed by atoms with Crippen LogP contribution in [-0.2, 0) is 9.53 Å². The molecule has 0 unspecified atom stereocenters. The van der Waals surface area contributed by atoms with E-state index >= 15 is 0 Å². The molecule has 0 spiro atoms. The predicted octanol–water partition coefficient (Wildman–Crippen LogP) is 2.93. The molecule has 1 saturated carbocycles. The molecule has 1 amide bonds. The summed E-state index contributed by atoms with van der Waals surface area (Å²) in [6.45, 7) is 4.09. The first kappa shape index (κ1) is 15.0. The van der Waals surface area contributed by atoms with Gasteiger partial charge in [-0.15, -0.1) is 0 Å². The van der Waals surface area contributed by atoms with E-state index in [1.165, 1.54) is 0 Å². The highest BCUT2D eigenvalue weighted by atomic mass is 79.9. The maximum absolute atomic E-state index is 12.6. The third-order valence-electron chi connectivity index (χ3n) is 3.21. The summed E-state index contributed by atoms with van der Waals surface area (Å²) in [5.74, 6) is -0.469. The van der Waals surface area contributed by atoms with Crippen LogP contribution in [0, 0.1) is 6.92 Å². The van der Waals surface area contributed by atoms with Crippen LogP contribution in [0.15, 0.2) is 22.7 Å². The monoisotopic (exact) mass is 339 g/mol. The molecule has 0 aromatic heterocycles. The number of esters is 1. The van der Waals surface area contributed by atoms with E-state index in [-0.39, 0.29) is 24.5 Å². The number of hydrogen-bond donors (Lipinski definition) is 0. The Morgan fingerprint density at radius 3 is 2.65 bits per heavy atom. The third kappa shape index (κ3) is 3.60. The smallest absolute Gasteiger partial charge is 0.325 e. The largest absolute Gasteiger partial charge is 0.465 e. The van der Waals surface area contributed by atoms with Crippen LogP contribution in [0.3, 0.4) is 0 Å². The predicted molar refractivity (Wildman–Crippen MR) is 79.6 cm³/mol. The molecule has 0 atom stereocenters. The van der Waals surface area contributed by atoms with Crippen molar-refractivity contribution < 1.29 is 14.3 Å². The zero-order chi connectivity index (χ0) is 14.7. The lowest BCUT2D eigenvalue weighted by Crippen LogP contribution is -2.38. The molecule has 4 nitrogen and oxygen atoms in total. The molecule has 0 heterocycles. The van der Waals surface area contributed by atoms with Gasteiger partial charge in [-0.05, 0) is 60.3 Å². The Bertz CT molecular complexity index is 526. The summed E-state index contributed by atoms with van der Waals surface area (Å²) in [6.07, 6.45) is 1.91. The number of hydrogen-bond acceptors (Lipinski definition) is 3. The number of carbonyl (C=O) groups excluding carboxylic acids is 2. The van der Waals surface area contributed by atoms with Gasteiger partial charge in [-0.3, -0.25) is 9.59 Å². The van der Waals surface area contributed by atoms with Gasteiger partial charge in [0.15, 0.2) is 0 Å². The fourth-order valence-corrected chi connectivity index (χ4v) is 2.71. The topological polar surface area (TPSA) is 46.6 Å². The maximum atomic E-state index is 12.6. The van der Waals surface area contributed by atoms with Crippen LogP contribution in [0.25, 0.3) is 0 Å². The van der Waals surface area contributed by atoms with Crippen molar-refractivity contribution in [1.29, 1.82) is 0 Å². The lowest BCUT2D eigenvalue weighted by atomic mass is 10.1. The summed E-state index contributed by atoms with van der Waals surface area (Å²) in [5, 5.41) is 0. The van der Waals surface area contributed by atoms with Crippen LogP contribution >= 0.6 is 15.9 Å². The van der Waals surface area contributed by atoms with Crippen LogP contribution in [0.2, 0.25) is 0 Å². The second kappa shape index (κ2) is 6.39. The average molecular weight is 340 g/mol.